The minimum atomic E-state index is -1.57. The predicted octanol–water partition coefficient (Wildman–Crippen LogP) is 0.760. The van der Waals surface area contributed by atoms with Crippen molar-refractivity contribution in [3.8, 4) is 5.75 Å². The molecule has 4 unspecified atom stereocenters. The molecule has 12 heteroatoms. The van der Waals surface area contributed by atoms with E-state index in [1.54, 1.807) is 48.7 Å². The first-order valence-electron chi connectivity index (χ1n) is 14.0. The summed E-state index contributed by atoms with van der Waals surface area (Å²) in [7, 11) is 0. The Hall–Kier alpha value is -5.20. The standard InChI is InChI=1S/C32H35N5O7/c33-24(14-20-10-12-22(39)13-11-20)29(40)35-27(16-21-17-34-25-9-5-4-8-23(21)25)31(42)36-26(15-19-6-2-1-3-7-19)30(41)37-28(18-38)32(43)44/h1-13,17,24,26-28,34,38-39H,14-16,18,33H2,(H,35,40)(H,36,42)(H,37,41)(H,43,44). The molecule has 0 spiro atoms. The molecule has 3 aromatic carbocycles. The lowest BCUT2D eigenvalue weighted by atomic mass is 10.0. The Kier molecular flexibility index (Phi) is 10.7. The number of carbonyl (C=O) groups is 4. The number of phenolic OH excluding ortho intramolecular Hbond substituents is 1. The lowest BCUT2D eigenvalue weighted by molar-refractivity contribution is -0.143. The van der Waals surface area contributed by atoms with E-state index in [4.69, 9.17) is 5.73 Å². The van der Waals surface area contributed by atoms with Gasteiger partial charge in [-0.05, 0) is 41.3 Å². The van der Waals surface area contributed by atoms with E-state index in [2.05, 4.69) is 20.9 Å². The van der Waals surface area contributed by atoms with Gasteiger partial charge in [0.1, 0.15) is 23.9 Å². The number of aliphatic hydroxyl groups is 1. The first kappa shape index (κ1) is 31.7. The molecule has 4 rings (SSSR count). The second kappa shape index (κ2) is 14.8. The SMILES string of the molecule is NC(Cc1ccc(O)cc1)C(=O)NC(Cc1c[nH]c2ccccc12)C(=O)NC(Cc1ccccc1)C(=O)NC(CO)C(=O)O. The molecular formula is C32H35N5O7. The van der Waals surface area contributed by atoms with Crippen LogP contribution in [0.4, 0.5) is 0 Å². The molecule has 0 fully saturated rings. The summed E-state index contributed by atoms with van der Waals surface area (Å²) < 4.78 is 0. The van der Waals surface area contributed by atoms with E-state index in [1.165, 1.54) is 12.1 Å². The molecule has 12 nitrogen and oxygen atoms in total. The number of aliphatic hydroxyl groups excluding tert-OH is 1. The number of carbonyl (C=O) groups excluding carboxylic acids is 3. The average molecular weight is 602 g/mol. The third-order valence-electron chi connectivity index (χ3n) is 7.17. The highest BCUT2D eigenvalue weighted by Gasteiger charge is 2.31. The average Bonchev–Trinajstić information content (AvgIpc) is 3.43. The molecule has 3 amide bonds. The smallest absolute Gasteiger partial charge is 0.328 e. The van der Waals surface area contributed by atoms with E-state index in [0.29, 0.717) is 11.1 Å². The van der Waals surface area contributed by atoms with Crippen LogP contribution in [-0.2, 0) is 38.4 Å². The first-order chi connectivity index (χ1) is 21.1. The molecule has 230 valence electrons. The minimum absolute atomic E-state index is 0.0182. The maximum atomic E-state index is 13.8. The second-order valence-electron chi connectivity index (χ2n) is 10.4. The molecule has 0 saturated carbocycles. The molecule has 4 aromatic rings. The van der Waals surface area contributed by atoms with Gasteiger partial charge in [-0.15, -0.1) is 0 Å². The van der Waals surface area contributed by atoms with Crippen LogP contribution in [0.2, 0.25) is 0 Å². The van der Waals surface area contributed by atoms with Crippen molar-refractivity contribution >= 4 is 34.6 Å². The van der Waals surface area contributed by atoms with Crippen molar-refractivity contribution < 1.29 is 34.5 Å². The van der Waals surface area contributed by atoms with Crippen LogP contribution in [0.1, 0.15) is 16.7 Å². The largest absolute Gasteiger partial charge is 0.508 e. The monoisotopic (exact) mass is 601 g/mol. The minimum Gasteiger partial charge on any atom is -0.508 e. The molecule has 0 bridgehead atoms. The highest BCUT2D eigenvalue weighted by molar-refractivity contribution is 5.95. The maximum absolute atomic E-state index is 13.8. The van der Waals surface area contributed by atoms with Crippen LogP contribution in [0.25, 0.3) is 10.9 Å². The van der Waals surface area contributed by atoms with Gasteiger partial charge < -0.3 is 42.0 Å². The highest BCUT2D eigenvalue weighted by atomic mass is 16.4. The van der Waals surface area contributed by atoms with Gasteiger partial charge in [0.15, 0.2) is 0 Å². The first-order valence-corrected chi connectivity index (χ1v) is 14.0. The lowest BCUT2D eigenvalue weighted by Crippen LogP contribution is -2.58. The third kappa shape index (κ3) is 8.43. The molecule has 0 saturated heterocycles. The number of carboxylic acids is 1. The number of benzene rings is 3. The summed E-state index contributed by atoms with van der Waals surface area (Å²) in [5.74, 6) is -3.46. The molecule has 0 aliphatic carbocycles. The van der Waals surface area contributed by atoms with Crippen molar-refractivity contribution in [3.05, 3.63) is 102 Å². The normalized spacial score (nSPS) is 13.8. The number of phenols is 1. The van der Waals surface area contributed by atoms with E-state index in [0.717, 1.165) is 16.5 Å². The Bertz CT molecular complexity index is 1590. The fraction of sp³-hybridized carbons (Fsp3) is 0.250. The summed E-state index contributed by atoms with van der Waals surface area (Å²) in [4.78, 5) is 54.8. The number of hydrogen-bond acceptors (Lipinski definition) is 7. The van der Waals surface area contributed by atoms with Gasteiger partial charge in [0.25, 0.3) is 0 Å². The number of aromatic hydroxyl groups is 1. The van der Waals surface area contributed by atoms with Crippen molar-refractivity contribution in [2.24, 2.45) is 5.73 Å². The number of aliphatic carboxylic acids is 1. The zero-order chi connectivity index (χ0) is 31.6. The van der Waals surface area contributed by atoms with Gasteiger partial charge in [-0.25, -0.2) is 4.79 Å². The van der Waals surface area contributed by atoms with Crippen molar-refractivity contribution in [2.75, 3.05) is 6.61 Å². The zero-order valence-corrected chi connectivity index (χ0v) is 23.8. The Morgan fingerprint density at radius 3 is 1.93 bits per heavy atom. The molecule has 1 heterocycles. The van der Waals surface area contributed by atoms with Crippen molar-refractivity contribution in [1.82, 2.24) is 20.9 Å². The summed E-state index contributed by atoms with van der Waals surface area (Å²) in [6.45, 7) is -0.842. The van der Waals surface area contributed by atoms with Crippen molar-refractivity contribution in [3.63, 3.8) is 0 Å². The van der Waals surface area contributed by atoms with Crippen LogP contribution in [0.5, 0.6) is 5.75 Å². The van der Waals surface area contributed by atoms with Crippen LogP contribution >= 0.6 is 0 Å². The topological polar surface area (TPSA) is 207 Å². The number of nitrogens with two attached hydrogens (primary N) is 1. The number of aromatic nitrogens is 1. The second-order valence-corrected chi connectivity index (χ2v) is 10.4. The molecule has 0 aliphatic rings. The highest BCUT2D eigenvalue weighted by Crippen LogP contribution is 2.20. The molecule has 4 atom stereocenters. The van der Waals surface area contributed by atoms with Crippen LogP contribution in [-0.4, -0.2) is 74.8 Å². The number of carboxylic acid groups (broad SMARTS) is 1. The molecule has 9 N–H and O–H groups in total. The van der Waals surface area contributed by atoms with Crippen molar-refractivity contribution in [2.45, 2.75) is 43.4 Å². The van der Waals surface area contributed by atoms with E-state index in [9.17, 15) is 34.5 Å². The van der Waals surface area contributed by atoms with Gasteiger partial charge in [0.05, 0.1) is 12.6 Å². The molecule has 44 heavy (non-hydrogen) atoms. The Morgan fingerprint density at radius 2 is 1.27 bits per heavy atom. The number of para-hydroxylation sites is 1. The van der Waals surface area contributed by atoms with Gasteiger partial charge in [0.2, 0.25) is 17.7 Å². The fourth-order valence-electron chi connectivity index (χ4n) is 4.78. The van der Waals surface area contributed by atoms with Crippen LogP contribution in [0.15, 0.2) is 85.1 Å². The number of aromatic amines is 1. The van der Waals surface area contributed by atoms with Gasteiger partial charge in [0, 0.05) is 29.9 Å². The molecule has 1 aromatic heterocycles. The van der Waals surface area contributed by atoms with Crippen LogP contribution < -0.4 is 21.7 Å². The Labute approximate surface area is 253 Å². The van der Waals surface area contributed by atoms with Gasteiger partial charge in [-0.3, -0.25) is 14.4 Å². The summed E-state index contributed by atoms with van der Waals surface area (Å²) in [5.41, 5.74) is 9.17. The Balaban J connectivity index is 1.58. The quantitative estimate of drug-likeness (QED) is 0.103. The number of H-pyrrole nitrogens is 1. The van der Waals surface area contributed by atoms with E-state index in [-0.39, 0.29) is 25.0 Å². The van der Waals surface area contributed by atoms with E-state index >= 15 is 0 Å². The number of amides is 3. The van der Waals surface area contributed by atoms with Crippen LogP contribution in [0.3, 0.4) is 0 Å². The van der Waals surface area contributed by atoms with E-state index in [1.807, 2.05) is 24.3 Å². The number of rotatable bonds is 14. The summed E-state index contributed by atoms with van der Waals surface area (Å²) in [6.07, 6.45) is 1.95. The van der Waals surface area contributed by atoms with Crippen molar-refractivity contribution in [1.29, 1.82) is 0 Å². The van der Waals surface area contributed by atoms with Gasteiger partial charge in [-0.1, -0.05) is 60.7 Å². The molecule has 0 radical (unpaired) electrons. The number of nitrogens with one attached hydrogen (secondary N) is 4. The lowest BCUT2D eigenvalue weighted by Gasteiger charge is -2.25. The zero-order valence-electron chi connectivity index (χ0n) is 23.8. The van der Waals surface area contributed by atoms with Gasteiger partial charge >= 0.3 is 5.97 Å². The molecular weight excluding hydrogens is 566 g/mol. The summed E-state index contributed by atoms with van der Waals surface area (Å²) in [6, 6.07) is 17.5. The summed E-state index contributed by atoms with van der Waals surface area (Å²) >= 11 is 0. The predicted molar refractivity (Wildman–Crippen MR) is 162 cm³/mol. The molecule has 0 aliphatic heterocycles. The fourth-order valence-corrected chi connectivity index (χ4v) is 4.78. The number of fused-ring (bicyclic) bond motifs is 1. The van der Waals surface area contributed by atoms with Gasteiger partial charge in [-0.2, -0.15) is 0 Å². The Morgan fingerprint density at radius 1 is 0.705 bits per heavy atom. The third-order valence-corrected chi connectivity index (χ3v) is 7.17. The van der Waals surface area contributed by atoms with E-state index < -0.39 is 54.5 Å². The maximum Gasteiger partial charge on any atom is 0.328 e. The van der Waals surface area contributed by atoms with Crippen LogP contribution in [0, 0.1) is 0 Å². The number of hydrogen-bond donors (Lipinski definition) is 8. The summed E-state index contributed by atoms with van der Waals surface area (Å²) in [5, 5.41) is 36.8.